The number of alkyl halides is 3. The fourth-order valence-electron chi connectivity index (χ4n) is 3.74. The Morgan fingerprint density at radius 1 is 1.21 bits per heavy atom. The summed E-state index contributed by atoms with van der Waals surface area (Å²) in [5, 5.41) is 14.6. The smallest absolute Gasteiger partial charge is 0.364 e. The molecule has 0 radical (unpaired) electrons. The molecule has 9 heteroatoms. The van der Waals surface area contributed by atoms with Crippen LogP contribution in [0.1, 0.15) is 24.0 Å². The van der Waals surface area contributed by atoms with E-state index in [1.807, 2.05) is 0 Å². The van der Waals surface area contributed by atoms with Crippen molar-refractivity contribution in [2.45, 2.75) is 31.5 Å². The largest absolute Gasteiger partial charge is 0.416 e. The Morgan fingerprint density at radius 2 is 1.96 bits per heavy atom. The van der Waals surface area contributed by atoms with Crippen LogP contribution in [0.3, 0.4) is 0 Å². The third-order valence-electron chi connectivity index (χ3n) is 5.13. The van der Waals surface area contributed by atoms with Crippen LogP contribution >= 0.6 is 0 Å². The highest BCUT2D eigenvalue weighted by Crippen LogP contribution is 2.37. The van der Waals surface area contributed by atoms with Crippen LogP contribution in [0.5, 0.6) is 0 Å². The lowest BCUT2D eigenvalue weighted by atomic mass is 10.0. The van der Waals surface area contributed by atoms with Gasteiger partial charge in [0, 0.05) is 23.7 Å². The molecule has 0 unspecified atom stereocenters. The number of aromatic nitrogens is 2. The standard InChI is InChI=1S/C19H20F3N5O/c1-27-8-2-3-13(10-27)23-18-14-9-15(28)24-17(14)16(25-26-18)11-4-6-12(7-5-11)19(20,21)22/h4-7,13H,2-3,8-10H2,1H3,(H,23,26)(H,24,28)/t13-/m1/s1. The molecule has 2 aromatic rings. The fraction of sp³-hybridized carbons (Fsp3) is 0.421. The van der Waals surface area contributed by atoms with Gasteiger partial charge in [-0.05, 0) is 38.6 Å². The van der Waals surface area contributed by atoms with Gasteiger partial charge in [-0.2, -0.15) is 13.2 Å². The van der Waals surface area contributed by atoms with Crippen molar-refractivity contribution < 1.29 is 18.0 Å². The first-order valence-corrected chi connectivity index (χ1v) is 9.13. The van der Waals surface area contributed by atoms with E-state index in [4.69, 9.17) is 0 Å². The van der Waals surface area contributed by atoms with Gasteiger partial charge in [-0.15, -0.1) is 10.2 Å². The molecule has 2 aliphatic heterocycles. The second kappa shape index (κ2) is 7.05. The predicted molar refractivity (Wildman–Crippen MR) is 98.9 cm³/mol. The van der Waals surface area contributed by atoms with E-state index in [9.17, 15) is 18.0 Å². The first-order valence-electron chi connectivity index (χ1n) is 9.13. The summed E-state index contributed by atoms with van der Waals surface area (Å²) in [5.41, 5.74) is 1.35. The SMILES string of the molecule is CN1CCC[C@@H](Nc2nnc(-c3ccc(C(F)(F)F)cc3)c3c2CC(=O)N3)C1. The number of hydrogen-bond acceptors (Lipinski definition) is 5. The number of halogens is 3. The lowest BCUT2D eigenvalue weighted by Crippen LogP contribution is -2.40. The summed E-state index contributed by atoms with van der Waals surface area (Å²) < 4.78 is 38.4. The molecule has 1 atom stereocenters. The lowest BCUT2D eigenvalue weighted by Gasteiger charge is -2.30. The molecular formula is C19H20F3N5O. The molecule has 148 valence electrons. The summed E-state index contributed by atoms with van der Waals surface area (Å²) in [6, 6.07) is 4.92. The number of hydrogen-bond donors (Lipinski definition) is 2. The maximum absolute atomic E-state index is 12.8. The molecule has 0 bridgehead atoms. The first-order chi connectivity index (χ1) is 13.3. The molecule has 0 aliphatic carbocycles. The minimum Gasteiger partial charge on any atom is -0.364 e. The molecule has 1 aromatic carbocycles. The monoisotopic (exact) mass is 391 g/mol. The van der Waals surface area contributed by atoms with Crippen LogP contribution in [0.2, 0.25) is 0 Å². The number of carbonyl (C=O) groups excluding carboxylic acids is 1. The summed E-state index contributed by atoms with van der Waals surface area (Å²) in [7, 11) is 2.06. The molecule has 2 aliphatic rings. The highest BCUT2D eigenvalue weighted by molar-refractivity contribution is 6.04. The first kappa shape index (κ1) is 18.7. The minimum absolute atomic E-state index is 0.170. The number of nitrogens with zero attached hydrogens (tertiary/aromatic N) is 3. The van der Waals surface area contributed by atoms with Crippen LogP contribution in [0.25, 0.3) is 11.3 Å². The Kier molecular flexibility index (Phi) is 4.70. The van der Waals surface area contributed by atoms with Gasteiger partial charge in [0.15, 0.2) is 5.82 Å². The Hall–Kier alpha value is -2.68. The molecule has 4 rings (SSSR count). The average molecular weight is 391 g/mol. The Bertz CT molecular complexity index is 898. The number of benzene rings is 1. The van der Waals surface area contributed by atoms with Crippen molar-refractivity contribution in [3.05, 3.63) is 35.4 Å². The summed E-state index contributed by atoms with van der Waals surface area (Å²) in [6.45, 7) is 1.92. The quantitative estimate of drug-likeness (QED) is 0.841. The van der Waals surface area contributed by atoms with E-state index in [0.29, 0.717) is 28.3 Å². The van der Waals surface area contributed by atoms with Crippen molar-refractivity contribution >= 4 is 17.4 Å². The van der Waals surface area contributed by atoms with Gasteiger partial charge in [-0.3, -0.25) is 4.79 Å². The van der Waals surface area contributed by atoms with Gasteiger partial charge < -0.3 is 15.5 Å². The van der Waals surface area contributed by atoms with Crippen LogP contribution in [0.4, 0.5) is 24.7 Å². The van der Waals surface area contributed by atoms with Gasteiger partial charge in [0.05, 0.1) is 17.7 Å². The molecule has 0 spiro atoms. The number of rotatable bonds is 3. The Balaban J connectivity index is 1.65. The van der Waals surface area contributed by atoms with Crippen molar-refractivity contribution in [1.29, 1.82) is 0 Å². The zero-order valence-corrected chi connectivity index (χ0v) is 15.3. The number of carbonyl (C=O) groups is 1. The number of likely N-dealkylation sites (tertiary alicyclic amines) is 1. The average Bonchev–Trinajstić information content (AvgIpc) is 3.03. The number of nitrogens with one attached hydrogen (secondary N) is 2. The molecule has 1 fully saturated rings. The molecule has 28 heavy (non-hydrogen) atoms. The highest BCUT2D eigenvalue weighted by atomic mass is 19.4. The maximum Gasteiger partial charge on any atom is 0.416 e. The van der Waals surface area contributed by atoms with Crippen molar-refractivity contribution in [2.24, 2.45) is 0 Å². The zero-order chi connectivity index (χ0) is 19.9. The molecule has 3 heterocycles. The van der Waals surface area contributed by atoms with Gasteiger partial charge >= 0.3 is 6.18 Å². The summed E-state index contributed by atoms with van der Waals surface area (Å²) >= 11 is 0. The lowest BCUT2D eigenvalue weighted by molar-refractivity contribution is -0.137. The Morgan fingerprint density at radius 3 is 2.64 bits per heavy atom. The summed E-state index contributed by atoms with van der Waals surface area (Å²) in [6.07, 6.45) is -2.15. The van der Waals surface area contributed by atoms with E-state index in [2.05, 4.69) is 32.8 Å². The van der Waals surface area contributed by atoms with E-state index >= 15 is 0 Å². The normalized spacial score (nSPS) is 20.0. The molecule has 1 saturated heterocycles. The molecular weight excluding hydrogens is 371 g/mol. The summed E-state index contributed by atoms with van der Waals surface area (Å²) in [4.78, 5) is 14.2. The van der Waals surface area contributed by atoms with Gasteiger partial charge in [-0.1, -0.05) is 12.1 Å². The van der Waals surface area contributed by atoms with Gasteiger partial charge in [-0.25, -0.2) is 0 Å². The number of fused-ring (bicyclic) bond motifs is 1. The molecule has 0 saturated carbocycles. The second-order valence-electron chi connectivity index (χ2n) is 7.30. The van der Waals surface area contributed by atoms with E-state index in [0.717, 1.165) is 38.1 Å². The van der Waals surface area contributed by atoms with E-state index in [1.54, 1.807) is 0 Å². The molecule has 1 aromatic heterocycles. The third kappa shape index (κ3) is 3.66. The van der Waals surface area contributed by atoms with Crippen LogP contribution in [-0.4, -0.2) is 47.2 Å². The van der Waals surface area contributed by atoms with Gasteiger partial charge in [0.25, 0.3) is 0 Å². The maximum atomic E-state index is 12.8. The molecule has 6 nitrogen and oxygen atoms in total. The van der Waals surface area contributed by atoms with Gasteiger partial charge in [0.1, 0.15) is 5.69 Å². The van der Waals surface area contributed by atoms with Crippen molar-refractivity contribution in [3.63, 3.8) is 0 Å². The van der Waals surface area contributed by atoms with Crippen molar-refractivity contribution in [2.75, 3.05) is 30.8 Å². The van der Waals surface area contributed by atoms with Crippen LogP contribution < -0.4 is 10.6 Å². The van der Waals surface area contributed by atoms with Crippen LogP contribution in [0, 0.1) is 0 Å². The second-order valence-corrected chi connectivity index (χ2v) is 7.30. The van der Waals surface area contributed by atoms with E-state index < -0.39 is 11.7 Å². The third-order valence-corrected chi connectivity index (χ3v) is 5.13. The fourth-order valence-corrected chi connectivity index (χ4v) is 3.74. The predicted octanol–water partition coefficient (Wildman–Crippen LogP) is 3.16. The number of likely N-dealkylation sites (N-methyl/N-ethyl adjacent to an activating group) is 1. The number of piperidine rings is 1. The molecule has 2 N–H and O–H groups in total. The molecule has 1 amide bonds. The van der Waals surface area contributed by atoms with E-state index in [-0.39, 0.29) is 18.4 Å². The van der Waals surface area contributed by atoms with E-state index in [1.165, 1.54) is 12.1 Å². The van der Waals surface area contributed by atoms with Gasteiger partial charge in [0.2, 0.25) is 5.91 Å². The van der Waals surface area contributed by atoms with Crippen molar-refractivity contribution in [1.82, 2.24) is 15.1 Å². The summed E-state index contributed by atoms with van der Waals surface area (Å²) in [5.74, 6) is 0.381. The minimum atomic E-state index is -4.40. The van der Waals surface area contributed by atoms with Crippen LogP contribution in [-0.2, 0) is 17.4 Å². The topological polar surface area (TPSA) is 70.1 Å². The van der Waals surface area contributed by atoms with Crippen LogP contribution in [0.15, 0.2) is 24.3 Å². The van der Waals surface area contributed by atoms with Crippen molar-refractivity contribution in [3.8, 4) is 11.3 Å². The zero-order valence-electron chi connectivity index (χ0n) is 15.3. The Labute approximate surface area is 160 Å². The number of amides is 1. The number of anilines is 2. The highest BCUT2D eigenvalue weighted by Gasteiger charge is 2.31.